The van der Waals surface area contributed by atoms with Gasteiger partial charge in [0, 0.05) is 13.1 Å². The number of carbonyl (C=O) groups is 1. The van der Waals surface area contributed by atoms with Crippen molar-refractivity contribution in [3.8, 4) is 0 Å². The second-order valence-electron chi connectivity index (χ2n) is 6.55. The summed E-state index contributed by atoms with van der Waals surface area (Å²) in [4.78, 5) is 14.4. The third kappa shape index (κ3) is 2.29. The lowest BCUT2D eigenvalue weighted by atomic mass is 9.77. The van der Waals surface area contributed by atoms with E-state index in [1.165, 1.54) is 38.5 Å². The maximum absolute atomic E-state index is 12.4. The molecule has 0 aromatic carbocycles. The van der Waals surface area contributed by atoms with Crippen molar-refractivity contribution in [1.82, 2.24) is 4.90 Å². The van der Waals surface area contributed by atoms with E-state index in [2.05, 4.69) is 11.8 Å². The lowest BCUT2D eigenvalue weighted by Gasteiger charge is -2.40. The van der Waals surface area contributed by atoms with E-state index in [9.17, 15) is 4.79 Å². The number of amides is 1. The highest BCUT2D eigenvalue weighted by molar-refractivity contribution is 5.81. The first-order valence-electron chi connectivity index (χ1n) is 7.63. The monoisotopic (exact) mass is 251 g/mol. The molecule has 2 saturated heterocycles. The average Bonchev–Trinajstić information content (AvgIpc) is 3.00. The molecule has 0 unspecified atom stereocenters. The van der Waals surface area contributed by atoms with E-state index in [1.54, 1.807) is 0 Å². The van der Waals surface area contributed by atoms with Crippen LogP contribution in [0.3, 0.4) is 0 Å². The van der Waals surface area contributed by atoms with Gasteiger partial charge in [-0.2, -0.15) is 0 Å². The Morgan fingerprint density at radius 1 is 1.11 bits per heavy atom. The molecular weight excluding hydrogens is 226 g/mol. The summed E-state index contributed by atoms with van der Waals surface area (Å²) in [5.74, 6) is 0.257. The van der Waals surface area contributed by atoms with E-state index >= 15 is 0 Å². The van der Waals surface area contributed by atoms with Crippen LogP contribution in [-0.2, 0) is 9.53 Å². The third-order valence-electron chi connectivity index (χ3n) is 5.31. The minimum atomic E-state index is -0.141. The molecule has 3 fully saturated rings. The van der Waals surface area contributed by atoms with Crippen LogP contribution in [0.4, 0.5) is 0 Å². The Hall–Kier alpha value is -0.570. The topological polar surface area (TPSA) is 29.5 Å². The molecule has 1 aliphatic carbocycles. The minimum absolute atomic E-state index is 0.141. The molecule has 0 N–H and O–H groups in total. The first kappa shape index (κ1) is 12.5. The van der Waals surface area contributed by atoms with Crippen molar-refractivity contribution < 1.29 is 9.53 Å². The van der Waals surface area contributed by atoms with Crippen molar-refractivity contribution in [2.24, 2.45) is 5.41 Å². The number of carbonyl (C=O) groups excluding carboxylic acids is 1. The van der Waals surface area contributed by atoms with Gasteiger partial charge in [-0.05, 0) is 50.9 Å². The van der Waals surface area contributed by atoms with Crippen LogP contribution in [0.2, 0.25) is 0 Å². The number of hydrogen-bond donors (Lipinski definition) is 0. The molecule has 0 radical (unpaired) electrons. The van der Waals surface area contributed by atoms with Crippen molar-refractivity contribution in [1.29, 1.82) is 0 Å². The summed E-state index contributed by atoms with van der Waals surface area (Å²) in [6, 6.07) is 0. The molecule has 3 aliphatic rings. The quantitative estimate of drug-likeness (QED) is 0.717. The van der Waals surface area contributed by atoms with Crippen molar-refractivity contribution >= 4 is 5.91 Å². The van der Waals surface area contributed by atoms with Crippen LogP contribution >= 0.6 is 0 Å². The van der Waals surface area contributed by atoms with Gasteiger partial charge >= 0.3 is 0 Å². The number of nitrogens with zero attached hydrogens (tertiary/aromatic N) is 1. The van der Waals surface area contributed by atoms with Crippen LogP contribution in [-0.4, -0.2) is 36.1 Å². The van der Waals surface area contributed by atoms with Crippen molar-refractivity contribution in [3.63, 3.8) is 0 Å². The maximum Gasteiger partial charge on any atom is 0.251 e. The Balaban J connectivity index is 1.54. The Labute approximate surface area is 110 Å². The fourth-order valence-electron chi connectivity index (χ4n) is 4.01. The lowest BCUT2D eigenvalue weighted by Crippen LogP contribution is -2.46. The number of rotatable bonds is 1. The molecular formula is C15H25NO2. The van der Waals surface area contributed by atoms with Crippen molar-refractivity contribution in [2.75, 3.05) is 13.1 Å². The van der Waals surface area contributed by atoms with Gasteiger partial charge in [0.15, 0.2) is 0 Å². The lowest BCUT2D eigenvalue weighted by molar-refractivity contribution is -0.145. The second-order valence-corrected chi connectivity index (χ2v) is 6.55. The van der Waals surface area contributed by atoms with E-state index in [1.807, 2.05) is 0 Å². The van der Waals surface area contributed by atoms with E-state index in [-0.39, 0.29) is 18.1 Å². The van der Waals surface area contributed by atoms with Gasteiger partial charge in [0.1, 0.15) is 6.10 Å². The molecule has 2 atom stereocenters. The molecule has 18 heavy (non-hydrogen) atoms. The standard InChI is InChI=1S/C15H25NO2/c1-12-4-5-13(18-12)14(17)16-10-8-15(9-11-16)6-2-3-7-15/h12-13H,2-11H2,1H3/t12-,13+/m0/s1. The predicted molar refractivity (Wildman–Crippen MR) is 70.3 cm³/mol. The average molecular weight is 251 g/mol. The molecule has 1 spiro atoms. The smallest absolute Gasteiger partial charge is 0.251 e. The second kappa shape index (κ2) is 4.84. The number of likely N-dealkylation sites (tertiary alicyclic amines) is 1. The molecule has 0 aromatic heterocycles. The normalized spacial score (nSPS) is 35.3. The molecule has 2 aliphatic heterocycles. The first-order valence-corrected chi connectivity index (χ1v) is 7.63. The van der Waals surface area contributed by atoms with Crippen molar-refractivity contribution in [2.45, 2.75) is 70.5 Å². The summed E-state index contributed by atoms with van der Waals surface area (Å²) in [6.45, 7) is 4.00. The van der Waals surface area contributed by atoms with E-state index in [0.29, 0.717) is 5.41 Å². The van der Waals surface area contributed by atoms with Gasteiger partial charge in [0.25, 0.3) is 5.91 Å². The van der Waals surface area contributed by atoms with Crippen LogP contribution < -0.4 is 0 Å². The van der Waals surface area contributed by atoms with E-state index in [4.69, 9.17) is 4.74 Å². The first-order chi connectivity index (χ1) is 8.69. The van der Waals surface area contributed by atoms with E-state index < -0.39 is 0 Å². The van der Waals surface area contributed by atoms with Gasteiger partial charge in [-0.25, -0.2) is 0 Å². The zero-order valence-electron chi connectivity index (χ0n) is 11.5. The van der Waals surface area contributed by atoms with Crippen LogP contribution in [0.25, 0.3) is 0 Å². The molecule has 0 aromatic rings. The summed E-state index contributed by atoms with van der Waals surface area (Å²) in [5.41, 5.74) is 0.598. The maximum atomic E-state index is 12.4. The summed E-state index contributed by atoms with van der Waals surface area (Å²) < 4.78 is 5.70. The van der Waals surface area contributed by atoms with Gasteiger partial charge in [0.05, 0.1) is 6.10 Å². The Bertz CT molecular complexity index is 312. The number of piperidine rings is 1. The minimum Gasteiger partial charge on any atom is -0.365 e. The molecule has 3 heteroatoms. The van der Waals surface area contributed by atoms with E-state index in [0.717, 1.165) is 25.9 Å². The van der Waals surface area contributed by atoms with Gasteiger partial charge in [-0.3, -0.25) is 4.79 Å². The zero-order chi connectivity index (χ0) is 12.6. The summed E-state index contributed by atoms with van der Waals surface area (Å²) >= 11 is 0. The fraction of sp³-hybridized carbons (Fsp3) is 0.933. The molecule has 1 amide bonds. The number of ether oxygens (including phenoxy) is 1. The highest BCUT2D eigenvalue weighted by Crippen LogP contribution is 2.46. The predicted octanol–water partition coefficient (Wildman–Crippen LogP) is 2.74. The molecule has 3 nitrogen and oxygen atoms in total. The summed E-state index contributed by atoms with van der Waals surface area (Å²) in [7, 11) is 0. The highest BCUT2D eigenvalue weighted by atomic mass is 16.5. The third-order valence-corrected chi connectivity index (χ3v) is 5.31. The Morgan fingerprint density at radius 2 is 1.78 bits per heavy atom. The fourth-order valence-corrected chi connectivity index (χ4v) is 4.01. The molecule has 3 rings (SSSR count). The van der Waals surface area contributed by atoms with Gasteiger partial charge in [-0.15, -0.1) is 0 Å². The Kier molecular flexibility index (Phi) is 3.35. The van der Waals surface area contributed by atoms with Gasteiger partial charge in [0.2, 0.25) is 0 Å². The summed E-state index contributed by atoms with van der Waals surface area (Å²) in [5, 5.41) is 0. The SMILES string of the molecule is C[C@H]1CC[C@H](C(=O)N2CCC3(CCCC3)CC2)O1. The molecule has 0 bridgehead atoms. The van der Waals surface area contributed by atoms with Crippen molar-refractivity contribution in [3.05, 3.63) is 0 Å². The Morgan fingerprint density at radius 3 is 2.33 bits per heavy atom. The van der Waals surface area contributed by atoms with Crippen LogP contribution in [0, 0.1) is 5.41 Å². The van der Waals surface area contributed by atoms with Crippen LogP contribution in [0.5, 0.6) is 0 Å². The number of hydrogen-bond acceptors (Lipinski definition) is 2. The highest BCUT2D eigenvalue weighted by Gasteiger charge is 2.40. The summed E-state index contributed by atoms with van der Waals surface area (Å²) in [6.07, 6.45) is 10.1. The van der Waals surface area contributed by atoms with Gasteiger partial charge < -0.3 is 9.64 Å². The zero-order valence-corrected chi connectivity index (χ0v) is 11.5. The molecule has 1 saturated carbocycles. The molecule has 102 valence electrons. The van der Waals surface area contributed by atoms with Gasteiger partial charge in [-0.1, -0.05) is 12.8 Å². The van der Waals surface area contributed by atoms with Crippen LogP contribution in [0.15, 0.2) is 0 Å². The molecule has 2 heterocycles. The largest absolute Gasteiger partial charge is 0.365 e. The van der Waals surface area contributed by atoms with Crippen LogP contribution in [0.1, 0.15) is 58.3 Å².